The number of hydrogen-bond acceptors (Lipinski definition) is 5. The highest BCUT2D eigenvalue weighted by Gasteiger charge is 2.30. The molecule has 2 aromatic carbocycles. The molecule has 7 nitrogen and oxygen atoms in total. The number of rotatable bonds is 5. The molecule has 164 valence electrons. The minimum Gasteiger partial charge on any atom is -0.467 e. The van der Waals surface area contributed by atoms with E-state index in [1.54, 1.807) is 29.4 Å². The lowest BCUT2D eigenvalue weighted by Crippen LogP contribution is -2.43. The second-order valence-electron chi connectivity index (χ2n) is 8.00. The van der Waals surface area contributed by atoms with Crippen LogP contribution >= 0.6 is 0 Å². The standard InChI is InChI=1S/C25H24N2O5/c28-24(26-23(21-7-4-14-30-21)17-5-2-1-3-6-17)18-10-12-27(13-11-18)25(29)19-8-9-20-22(15-19)32-16-31-20/h1-9,14-15,18,23H,10-13,16H2,(H,26,28). The predicted octanol–water partition coefficient (Wildman–Crippen LogP) is 3.77. The third-order valence-electron chi connectivity index (χ3n) is 6.02. The van der Waals surface area contributed by atoms with Gasteiger partial charge in [-0.1, -0.05) is 30.3 Å². The van der Waals surface area contributed by atoms with E-state index in [1.807, 2.05) is 42.5 Å². The Morgan fingerprint density at radius 3 is 2.47 bits per heavy atom. The zero-order valence-electron chi connectivity index (χ0n) is 17.5. The Hall–Kier alpha value is -3.74. The van der Waals surface area contributed by atoms with E-state index < -0.39 is 0 Å². The average Bonchev–Trinajstić information content (AvgIpc) is 3.54. The van der Waals surface area contributed by atoms with Gasteiger partial charge >= 0.3 is 0 Å². The molecule has 0 saturated carbocycles. The highest BCUT2D eigenvalue weighted by molar-refractivity contribution is 5.95. The van der Waals surface area contributed by atoms with Crippen LogP contribution in [0.25, 0.3) is 0 Å². The fraction of sp³-hybridized carbons (Fsp3) is 0.280. The van der Waals surface area contributed by atoms with Crippen molar-refractivity contribution >= 4 is 11.8 Å². The van der Waals surface area contributed by atoms with Crippen LogP contribution in [0.5, 0.6) is 11.5 Å². The number of nitrogens with zero attached hydrogens (tertiary/aromatic N) is 1. The molecule has 3 aromatic rings. The molecule has 0 spiro atoms. The van der Waals surface area contributed by atoms with Gasteiger partial charge in [-0.3, -0.25) is 9.59 Å². The van der Waals surface area contributed by atoms with Gasteiger partial charge in [0.2, 0.25) is 12.7 Å². The molecule has 2 amide bonds. The van der Waals surface area contributed by atoms with Crippen LogP contribution in [0, 0.1) is 5.92 Å². The lowest BCUT2D eigenvalue weighted by atomic mass is 9.94. The van der Waals surface area contributed by atoms with Crippen molar-refractivity contribution in [3.05, 3.63) is 83.8 Å². The van der Waals surface area contributed by atoms with Crippen molar-refractivity contribution < 1.29 is 23.5 Å². The number of likely N-dealkylation sites (tertiary alicyclic amines) is 1. The Morgan fingerprint density at radius 2 is 1.72 bits per heavy atom. The molecule has 2 aliphatic heterocycles. The third-order valence-corrected chi connectivity index (χ3v) is 6.02. The number of carbonyl (C=O) groups excluding carboxylic acids is 2. The number of fused-ring (bicyclic) bond motifs is 1. The van der Waals surface area contributed by atoms with Crippen molar-refractivity contribution in [3.8, 4) is 11.5 Å². The Morgan fingerprint density at radius 1 is 0.938 bits per heavy atom. The van der Waals surface area contributed by atoms with E-state index in [0.29, 0.717) is 48.8 Å². The van der Waals surface area contributed by atoms with Crippen LogP contribution < -0.4 is 14.8 Å². The molecule has 1 fully saturated rings. The molecule has 32 heavy (non-hydrogen) atoms. The minimum atomic E-state index is -0.341. The summed E-state index contributed by atoms with van der Waals surface area (Å²) in [5.74, 6) is 1.71. The third kappa shape index (κ3) is 4.06. The predicted molar refractivity (Wildman–Crippen MR) is 116 cm³/mol. The van der Waals surface area contributed by atoms with E-state index >= 15 is 0 Å². The van der Waals surface area contributed by atoms with E-state index in [1.165, 1.54) is 0 Å². The van der Waals surface area contributed by atoms with E-state index in [-0.39, 0.29) is 30.6 Å². The van der Waals surface area contributed by atoms with E-state index in [2.05, 4.69) is 5.32 Å². The summed E-state index contributed by atoms with van der Waals surface area (Å²) in [7, 11) is 0. The second-order valence-corrected chi connectivity index (χ2v) is 8.00. The normalized spacial score (nSPS) is 16.6. The van der Waals surface area contributed by atoms with Gasteiger partial charge in [-0.15, -0.1) is 0 Å². The number of carbonyl (C=O) groups is 2. The molecule has 1 saturated heterocycles. The topological polar surface area (TPSA) is 81.0 Å². The summed E-state index contributed by atoms with van der Waals surface area (Å²) in [6, 6.07) is 18.3. The van der Waals surface area contributed by atoms with Crippen LogP contribution in [0.3, 0.4) is 0 Å². The average molecular weight is 432 g/mol. The molecule has 0 aliphatic carbocycles. The maximum absolute atomic E-state index is 13.1. The van der Waals surface area contributed by atoms with Crippen molar-refractivity contribution in [1.82, 2.24) is 10.2 Å². The van der Waals surface area contributed by atoms with Crippen LogP contribution in [0.15, 0.2) is 71.3 Å². The summed E-state index contributed by atoms with van der Waals surface area (Å²) in [6.07, 6.45) is 2.83. The highest BCUT2D eigenvalue weighted by Crippen LogP contribution is 2.33. The monoisotopic (exact) mass is 432 g/mol. The quantitative estimate of drug-likeness (QED) is 0.664. The fourth-order valence-electron chi connectivity index (χ4n) is 4.24. The van der Waals surface area contributed by atoms with Crippen LogP contribution in [0.4, 0.5) is 0 Å². The van der Waals surface area contributed by atoms with E-state index in [4.69, 9.17) is 13.9 Å². The van der Waals surface area contributed by atoms with Crippen molar-refractivity contribution in [3.63, 3.8) is 0 Å². The van der Waals surface area contributed by atoms with Gasteiger partial charge in [0.25, 0.3) is 5.91 Å². The van der Waals surface area contributed by atoms with E-state index in [9.17, 15) is 9.59 Å². The Balaban J connectivity index is 1.22. The Bertz CT molecular complexity index is 1090. The molecule has 1 aromatic heterocycles. The van der Waals surface area contributed by atoms with Crippen LogP contribution in [-0.4, -0.2) is 36.6 Å². The zero-order chi connectivity index (χ0) is 21.9. The van der Waals surface area contributed by atoms with Gasteiger partial charge in [0.05, 0.1) is 6.26 Å². The summed E-state index contributed by atoms with van der Waals surface area (Å²) >= 11 is 0. The number of nitrogens with one attached hydrogen (secondary N) is 1. The molecule has 0 radical (unpaired) electrons. The van der Waals surface area contributed by atoms with Crippen LogP contribution in [-0.2, 0) is 4.79 Å². The van der Waals surface area contributed by atoms with Gasteiger partial charge in [-0.2, -0.15) is 0 Å². The first-order valence-electron chi connectivity index (χ1n) is 10.8. The number of piperidine rings is 1. The SMILES string of the molecule is O=C(NC(c1ccccc1)c1ccco1)C1CCN(C(=O)c2ccc3c(c2)OCO3)CC1. The summed E-state index contributed by atoms with van der Waals surface area (Å²) in [5, 5.41) is 3.14. The molecule has 2 aliphatic rings. The van der Waals surface area contributed by atoms with Crippen molar-refractivity contribution in [2.45, 2.75) is 18.9 Å². The Labute approximate surface area is 185 Å². The van der Waals surface area contributed by atoms with Gasteiger partial charge in [-0.05, 0) is 48.7 Å². The van der Waals surface area contributed by atoms with Gasteiger partial charge < -0.3 is 24.1 Å². The number of amides is 2. The van der Waals surface area contributed by atoms with Crippen molar-refractivity contribution in [1.29, 1.82) is 0 Å². The molecule has 0 bridgehead atoms. The molecular weight excluding hydrogens is 408 g/mol. The van der Waals surface area contributed by atoms with Crippen molar-refractivity contribution in [2.24, 2.45) is 5.92 Å². The molecule has 1 N–H and O–H groups in total. The molecule has 3 heterocycles. The lowest BCUT2D eigenvalue weighted by Gasteiger charge is -2.32. The summed E-state index contributed by atoms with van der Waals surface area (Å²) in [4.78, 5) is 27.8. The van der Waals surface area contributed by atoms with Crippen LogP contribution in [0.2, 0.25) is 0 Å². The lowest BCUT2D eigenvalue weighted by molar-refractivity contribution is -0.126. The summed E-state index contributed by atoms with van der Waals surface area (Å²) < 4.78 is 16.3. The maximum atomic E-state index is 13.1. The smallest absolute Gasteiger partial charge is 0.253 e. The molecular formula is C25H24N2O5. The number of benzene rings is 2. The number of furan rings is 1. The largest absolute Gasteiger partial charge is 0.467 e. The molecule has 5 rings (SSSR count). The van der Waals surface area contributed by atoms with E-state index in [0.717, 1.165) is 5.56 Å². The van der Waals surface area contributed by atoms with Crippen molar-refractivity contribution in [2.75, 3.05) is 19.9 Å². The first-order valence-corrected chi connectivity index (χ1v) is 10.8. The van der Waals surface area contributed by atoms with Gasteiger partial charge in [0.15, 0.2) is 11.5 Å². The first kappa shape index (κ1) is 20.2. The number of ether oxygens (including phenoxy) is 2. The van der Waals surface area contributed by atoms with Gasteiger partial charge in [0.1, 0.15) is 11.8 Å². The van der Waals surface area contributed by atoms with Crippen LogP contribution in [0.1, 0.15) is 40.6 Å². The molecule has 1 unspecified atom stereocenters. The molecule has 7 heteroatoms. The van der Waals surface area contributed by atoms with Gasteiger partial charge in [-0.25, -0.2) is 0 Å². The maximum Gasteiger partial charge on any atom is 0.253 e. The minimum absolute atomic E-state index is 0.0227. The second kappa shape index (κ2) is 8.78. The number of hydrogen-bond donors (Lipinski definition) is 1. The summed E-state index contributed by atoms with van der Waals surface area (Å²) in [6.45, 7) is 1.24. The van der Waals surface area contributed by atoms with Gasteiger partial charge in [0, 0.05) is 24.6 Å². The fourth-order valence-corrected chi connectivity index (χ4v) is 4.24. The first-order chi connectivity index (χ1) is 15.7. The molecule has 1 atom stereocenters. The summed E-state index contributed by atoms with van der Waals surface area (Å²) in [5.41, 5.74) is 1.53. The highest BCUT2D eigenvalue weighted by atomic mass is 16.7. The Kier molecular flexibility index (Phi) is 5.54. The zero-order valence-corrected chi connectivity index (χ0v) is 17.5.